The van der Waals surface area contributed by atoms with E-state index < -0.39 is 6.10 Å². The average molecular weight is 242 g/mol. The van der Waals surface area contributed by atoms with Crippen LogP contribution in [0.4, 0.5) is 0 Å². The van der Waals surface area contributed by atoms with E-state index in [1.165, 1.54) is 0 Å². The van der Waals surface area contributed by atoms with Gasteiger partial charge in [-0.05, 0) is 31.2 Å². The van der Waals surface area contributed by atoms with Crippen LogP contribution in [-0.4, -0.2) is 36.2 Å². The van der Waals surface area contributed by atoms with Gasteiger partial charge in [0, 0.05) is 19.0 Å². The van der Waals surface area contributed by atoms with Gasteiger partial charge in [0.1, 0.15) is 0 Å². The van der Waals surface area contributed by atoms with Gasteiger partial charge < -0.3 is 15.7 Å². The minimum atomic E-state index is -0.449. The maximum atomic E-state index is 11.6. The highest BCUT2D eigenvalue weighted by Crippen LogP contribution is 2.20. The van der Waals surface area contributed by atoms with Gasteiger partial charge in [-0.15, -0.1) is 0 Å². The van der Waals surface area contributed by atoms with Gasteiger partial charge >= 0.3 is 0 Å². The third-order valence-electron chi connectivity index (χ3n) is 2.98. The van der Waals surface area contributed by atoms with E-state index in [-0.39, 0.29) is 11.3 Å². The summed E-state index contributed by atoms with van der Waals surface area (Å²) in [5.41, 5.74) is 0.0944. The van der Waals surface area contributed by atoms with E-state index in [2.05, 4.69) is 31.4 Å². The molecule has 0 aromatic carbocycles. The summed E-state index contributed by atoms with van der Waals surface area (Å²) in [4.78, 5) is 11.6. The SMILES string of the molecule is CC(C)(C)CC(O)CNC(=O)CC1CCCN1. The molecule has 1 amide bonds. The zero-order valence-electron chi connectivity index (χ0n) is 11.3. The van der Waals surface area contributed by atoms with Crippen molar-refractivity contribution in [2.45, 2.75) is 58.6 Å². The molecule has 0 aromatic rings. The van der Waals surface area contributed by atoms with Crippen LogP contribution in [0.2, 0.25) is 0 Å². The third-order valence-corrected chi connectivity index (χ3v) is 2.98. The Balaban J connectivity index is 2.14. The summed E-state index contributed by atoms with van der Waals surface area (Å²) in [5.74, 6) is 0.0392. The number of carbonyl (C=O) groups is 1. The molecule has 2 unspecified atom stereocenters. The molecule has 0 radical (unpaired) electrons. The Morgan fingerprint density at radius 2 is 2.24 bits per heavy atom. The topological polar surface area (TPSA) is 61.4 Å². The van der Waals surface area contributed by atoms with E-state index in [0.717, 1.165) is 19.4 Å². The molecule has 100 valence electrons. The van der Waals surface area contributed by atoms with Crippen molar-refractivity contribution in [3.63, 3.8) is 0 Å². The van der Waals surface area contributed by atoms with Gasteiger partial charge in [0.2, 0.25) is 5.91 Å². The number of hydrogen-bond donors (Lipinski definition) is 3. The first-order valence-corrected chi connectivity index (χ1v) is 6.55. The van der Waals surface area contributed by atoms with Crippen molar-refractivity contribution in [2.75, 3.05) is 13.1 Å². The van der Waals surface area contributed by atoms with Crippen LogP contribution < -0.4 is 10.6 Å². The summed E-state index contributed by atoms with van der Waals surface area (Å²) >= 11 is 0. The van der Waals surface area contributed by atoms with Gasteiger partial charge in [0.25, 0.3) is 0 Å². The van der Waals surface area contributed by atoms with Crippen LogP contribution >= 0.6 is 0 Å². The summed E-state index contributed by atoms with van der Waals surface area (Å²) in [7, 11) is 0. The number of hydrogen-bond acceptors (Lipinski definition) is 3. The second-order valence-electron chi connectivity index (χ2n) is 6.22. The molecule has 1 rings (SSSR count). The maximum absolute atomic E-state index is 11.6. The predicted octanol–water partition coefficient (Wildman–Crippen LogP) is 1.04. The van der Waals surface area contributed by atoms with Crippen LogP contribution in [0.1, 0.15) is 46.5 Å². The number of amides is 1. The van der Waals surface area contributed by atoms with E-state index in [0.29, 0.717) is 25.4 Å². The zero-order chi connectivity index (χ0) is 12.9. The summed E-state index contributed by atoms with van der Waals surface area (Å²) in [5, 5.41) is 15.9. The minimum absolute atomic E-state index is 0.0392. The summed E-state index contributed by atoms with van der Waals surface area (Å²) in [6.07, 6.45) is 3.02. The molecular formula is C13H26N2O2. The fourth-order valence-electron chi connectivity index (χ4n) is 2.24. The van der Waals surface area contributed by atoms with Gasteiger partial charge in [0.05, 0.1) is 6.10 Å². The third kappa shape index (κ3) is 6.64. The first kappa shape index (κ1) is 14.5. The summed E-state index contributed by atoms with van der Waals surface area (Å²) in [6.45, 7) is 7.63. The molecule has 3 N–H and O–H groups in total. The van der Waals surface area contributed by atoms with E-state index in [9.17, 15) is 9.90 Å². The van der Waals surface area contributed by atoms with Crippen LogP contribution in [0.25, 0.3) is 0 Å². The Hall–Kier alpha value is -0.610. The zero-order valence-corrected chi connectivity index (χ0v) is 11.3. The lowest BCUT2D eigenvalue weighted by molar-refractivity contribution is -0.122. The number of aliphatic hydroxyl groups excluding tert-OH is 1. The number of aliphatic hydroxyl groups is 1. The van der Waals surface area contributed by atoms with Gasteiger partial charge in [-0.2, -0.15) is 0 Å². The van der Waals surface area contributed by atoms with E-state index in [1.807, 2.05) is 0 Å². The van der Waals surface area contributed by atoms with E-state index >= 15 is 0 Å². The maximum Gasteiger partial charge on any atom is 0.221 e. The molecule has 4 heteroatoms. The molecule has 0 saturated carbocycles. The molecule has 1 aliphatic rings. The molecule has 17 heavy (non-hydrogen) atoms. The molecule has 1 saturated heterocycles. The second kappa shape index (κ2) is 6.36. The van der Waals surface area contributed by atoms with Crippen LogP contribution in [0, 0.1) is 5.41 Å². The lowest BCUT2D eigenvalue weighted by Gasteiger charge is -2.22. The molecule has 1 fully saturated rings. The average Bonchev–Trinajstić information content (AvgIpc) is 2.64. The minimum Gasteiger partial charge on any atom is -0.391 e. The van der Waals surface area contributed by atoms with E-state index in [4.69, 9.17) is 0 Å². The lowest BCUT2D eigenvalue weighted by Crippen LogP contribution is -2.37. The molecule has 0 bridgehead atoms. The fourth-order valence-corrected chi connectivity index (χ4v) is 2.24. The first-order valence-electron chi connectivity index (χ1n) is 6.55. The number of nitrogens with one attached hydrogen (secondary N) is 2. The van der Waals surface area contributed by atoms with Crippen molar-refractivity contribution >= 4 is 5.91 Å². The van der Waals surface area contributed by atoms with Crippen LogP contribution in [-0.2, 0) is 4.79 Å². The molecule has 4 nitrogen and oxygen atoms in total. The Kier molecular flexibility index (Phi) is 5.40. The molecule has 1 heterocycles. The smallest absolute Gasteiger partial charge is 0.221 e. The summed E-state index contributed by atoms with van der Waals surface area (Å²) in [6, 6.07) is 0.328. The van der Waals surface area contributed by atoms with E-state index in [1.54, 1.807) is 0 Å². The van der Waals surface area contributed by atoms with Crippen molar-refractivity contribution in [2.24, 2.45) is 5.41 Å². The second-order valence-corrected chi connectivity index (χ2v) is 6.22. The largest absolute Gasteiger partial charge is 0.391 e. The molecule has 0 aliphatic carbocycles. The van der Waals surface area contributed by atoms with Gasteiger partial charge in [0.15, 0.2) is 0 Å². The van der Waals surface area contributed by atoms with Crippen LogP contribution in [0.15, 0.2) is 0 Å². The Morgan fingerprint density at radius 3 is 2.76 bits per heavy atom. The normalized spacial score (nSPS) is 22.5. The lowest BCUT2D eigenvalue weighted by atomic mass is 9.89. The molecular weight excluding hydrogens is 216 g/mol. The quantitative estimate of drug-likeness (QED) is 0.675. The van der Waals surface area contributed by atoms with Gasteiger partial charge in [-0.3, -0.25) is 4.79 Å². The predicted molar refractivity (Wildman–Crippen MR) is 68.7 cm³/mol. The number of carbonyl (C=O) groups excluding carboxylic acids is 1. The van der Waals surface area contributed by atoms with Crippen LogP contribution in [0.5, 0.6) is 0 Å². The molecule has 1 aliphatic heterocycles. The highest BCUT2D eigenvalue weighted by Gasteiger charge is 2.19. The summed E-state index contributed by atoms with van der Waals surface area (Å²) < 4.78 is 0. The highest BCUT2D eigenvalue weighted by molar-refractivity contribution is 5.76. The molecule has 2 atom stereocenters. The molecule has 0 aromatic heterocycles. The number of rotatable bonds is 5. The van der Waals surface area contributed by atoms with Gasteiger partial charge in [-0.1, -0.05) is 20.8 Å². The van der Waals surface area contributed by atoms with Crippen molar-refractivity contribution < 1.29 is 9.90 Å². The Morgan fingerprint density at radius 1 is 1.53 bits per heavy atom. The Labute approximate surface area is 104 Å². The fraction of sp³-hybridized carbons (Fsp3) is 0.923. The highest BCUT2D eigenvalue weighted by atomic mass is 16.3. The van der Waals surface area contributed by atoms with Crippen LogP contribution in [0.3, 0.4) is 0 Å². The Bertz CT molecular complexity index is 242. The van der Waals surface area contributed by atoms with Crippen molar-refractivity contribution in [3.05, 3.63) is 0 Å². The van der Waals surface area contributed by atoms with Crippen molar-refractivity contribution in [1.82, 2.24) is 10.6 Å². The van der Waals surface area contributed by atoms with Gasteiger partial charge in [-0.25, -0.2) is 0 Å². The first-order chi connectivity index (χ1) is 7.87. The molecule has 0 spiro atoms. The van der Waals surface area contributed by atoms with Crippen molar-refractivity contribution in [1.29, 1.82) is 0 Å². The van der Waals surface area contributed by atoms with Crippen molar-refractivity contribution in [3.8, 4) is 0 Å². The standard InChI is InChI=1S/C13H26N2O2/c1-13(2,3)8-11(16)9-15-12(17)7-10-5-4-6-14-10/h10-11,14,16H,4-9H2,1-3H3,(H,15,17). The monoisotopic (exact) mass is 242 g/mol.